The molecule has 0 radical (unpaired) electrons. The molecule has 2 aromatic rings. The Morgan fingerprint density at radius 1 is 0.397 bits per heavy atom. The van der Waals surface area contributed by atoms with E-state index in [-0.39, 0.29) is 5.41 Å². The van der Waals surface area contributed by atoms with Crippen molar-refractivity contribution in [2.45, 2.75) is 295 Å². The summed E-state index contributed by atoms with van der Waals surface area (Å²) < 4.78 is 16.7. The minimum atomic E-state index is -0.321. The Morgan fingerprint density at radius 2 is 0.767 bits per heavy atom. The van der Waals surface area contributed by atoms with Crippen LogP contribution in [0.25, 0.3) is 0 Å². The standard InChI is InChI=1S/C67H116N2O4/c1-71-63-50-47-62(48-51-63)59-69-57-45-54-67(66(69)70)53-42-40-38-36-34-32-30-28-26-24-22-20-18-16-14-12-10-8-6-4-5-7-9-11-13-15-17-19-21-23-25-27-29-31-33-35-37-39-41-43-55-68(60-67)56-44-46-61-49-52-64(72-2)65(58-61)73-3/h47-52,58H,4-46,53-57,59-60H2,1-3H3. The molecule has 2 aromatic carbocycles. The first-order chi connectivity index (χ1) is 36.1. The number of ether oxygens (including phenoxy) is 3. The van der Waals surface area contributed by atoms with Gasteiger partial charge in [-0.25, -0.2) is 0 Å². The largest absolute Gasteiger partial charge is 0.497 e. The van der Waals surface area contributed by atoms with Crippen LogP contribution in [0, 0.1) is 5.41 Å². The predicted molar refractivity (Wildman–Crippen MR) is 314 cm³/mol. The van der Waals surface area contributed by atoms with Crippen molar-refractivity contribution < 1.29 is 19.0 Å². The molecule has 2 aliphatic rings. The Kier molecular flexibility index (Phi) is 36.5. The lowest BCUT2D eigenvalue weighted by molar-refractivity contribution is -0.149. The number of likely N-dealkylation sites (tertiary alicyclic amines) is 1. The molecule has 6 nitrogen and oxygen atoms in total. The van der Waals surface area contributed by atoms with E-state index in [9.17, 15) is 0 Å². The van der Waals surface area contributed by atoms with Gasteiger partial charge in [0.25, 0.3) is 0 Å². The second-order valence-electron chi connectivity index (χ2n) is 23.4. The highest BCUT2D eigenvalue weighted by molar-refractivity contribution is 5.83. The molecule has 6 heteroatoms. The number of piperidine rings is 1. The fourth-order valence-electron chi connectivity index (χ4n) is 12.5. The molecule has 1 unspecified atom stereocenters. The van der Waals surface area contributed by atoms with Gasteiger partial charge >= 0.3 is 0 Å². The summed E-state index contributed by atoms with van der Waals surface area (Å²) >= 11 is 0. The zero-order chi connectivity index (χ0) is 51.5. The van der Waals surface area contributed by atoms with E-state index in [1.165, 1.54) is 262 Å². The average Bonchev–Trinajstić information content (AvgIpc) is 3.41. The van der Waals surface area contributed by atoms with Crippen LogP contribution < -0.4 is 14.2 Å². The van der Waals surface area contributed by atoms with Crippen molar-refractivity contribution in [1.82, 2.24) is 9.80 Å². The van der Waals surface area contributed by atoms with E-state index in [0.29, 0.717) is 12.5 Å². The van der Waals surface area contributed by atoms with Gasteiger partial charge < -0.3 is 24.0 Å². The van der Waals surface area contributed by atoms with Crippen LogP contribution in [0.1, 0.15) is 294 Å². The van der Waals surface area contributed by atoms with Gasteiger partial charge in [-0.15, -0.1) is 0 Å². The minimum absolute atomic E-state index is 0.321. The van der Waals surface area contributed by atoms with Gasteiger partial charge in [0.05, 0.1) is 26.7 Å². The minimum Gasteiger partial charge on any atom is -0.497 e. The third-order valence-corrected chi connectivity index (χ3v) is 17.2. The molecule has 2 saturated heterocycles. The zero-order valence-corrected chi connectivity index (χ0v) is 48.4. The summed E-state index contributed by atoms with van der Waals surface area (Å²) in [7, 11) is 5.16. The molecule has 0 N–H and O–H groups in total. The number of carbonyl (C=O) groups excluding carboxylic acids is 1. The van der Waals surface area contributed by atoms with Crippen molar-refractivity contribution >= 4 is 5.91 Å². The summed E-state index contributed by atoms with van der Waals surface area (Å²) in [6.07, 6.45) is 61.6. The molecule has 0 saturated carbocycles. The first-order valence-corrected chi connectivity index (χ1v) is 31.9. The van der Waals surface area contributed by atoms with Crippen molar-refractivity contribution in [2.75, 3.05) is 47.5 Å². The fourth-order valence-corrected chi connectivity index (χ4v) is 12.5. The van der Waals surface area contributed by atoms with Crippen LogP contribution in [0.3, 0.4) is 0 Å². The molecule has 0 aliphatic carbocycles. The maximum absolute atomic E-state index is 15.1. The second-order valence-corrected chi connectivity index (χ2v) is 23.4. The van der Waals surface area contributed by atoms with E-state index in [1.807, 2.05) is 18.2 Å². The van der Waals surface area contributed by atoms with Gasteiger partial charge in [0, 0.05) is 19.6 Å². The maximum atomic E-state index is 15.1. The number of aryl methyl sites for hydroxylation is 1. The third kappa shape index (κ3) is 28.8. The summed E-state index contributed by atoms with van der Waals surface area (Å²) in [5.74, 6) is 2.85. The summed E-state index contributed by atoms with van der Waals surface area (Å²) in [5, 5.41) is 0. The number of methoxy groups -OCH3 is 3. The van der Waals surface area contributed by atoms with E-state index in [0.717, 1.165) is 82.0 Å². The number of benzene rings is 2. The van der Waals surface area contributed by atoms with Gasteiger partial charge in [0.2, 0.25) is 5.91 Å². The maximum Gasteiger partial charge on any atom is 0.230 e. The highest BCUT2D eigenvalue weighted by atomic mass is 16.5. The molecule has 1 spiro atoms. The molecule has 4 rings (SSSR count). The van der Waals surface area contributed by atoms with Crippen molar-refractivity contribution in [2.24, 2.45) is 5.41 Å². The predicted octanol–water partition coefficient (Wildman–Crippen LogP) is 19.8. The monoisotopic (exact) mass is 1010 g/mol. The van der Waals surface area contributed by atoms with Crippen molar-refractivity contribution in [1.29, 1.82) is 0 Å². The summed E-state index contributed by atoms with van der Waals surface area (Å²) in [6.45, 7) is 4.52. The van der Waals surface area contributed by atoms with Gasteiger partial charge in [0.1, 0.15) is 5.75 Å². The highest BCUT2D eigenvalue weighted by Gasteiger charge is 2.44. The SMILES string of the molecule is COc1ccc(CN2CCCC3(CCCCCCCCCCCCCCCCCCCCCCCCCCCCCCCCCCCCCCCCCCN(CCCc4ccc(OC)c(OC)c4)C3)C2=O)cc1. The molecular formula is C67H116N2O4. The zero-order valence-electron chi connectivity index (χ0n) is 48.4. The molecule has 2 aliphatic heterocycles. The van der Waals surface area contributed by atoms with Crippen LogP contribution in [0.15, 0.2) is 42.5 Å². The van der Waals surface area contributed by atoms with E-state index < -0.39 is 0 Å². The Morgan fingerprint density at radius 3 is 1.16 bits per heavy atom. The molecular weight excluding hydrogens is 897 g/mol. The van der Waals surface area contributed by atoms with E-state index >= 15 is 4.79 Å². The van der Waals surface area contributed by atoms with Crippen molar-refractivity contribution in [3.63, 3.8) is 0 Å². The molecule has 0 aromatic heterocycles. The van der Waals surface area contributed by atoms with Gasteiger partial charge in [-0.2, -0.15) is 0 Å². The van der Waals surface area contributed by atoms with Crippen molar-refractivity contribution in [3.05, 3.63) is 53.6 Å². The molecule has 418 valence electrons. The summed E-state index contributed by atoms with van der Waals surface area (Å²) in [4.78, 5) is 20.0. The number of hydrogen-bond donors (Lipinski definition) is 0. The van der Waals surface area contributed by atoms with Gasteiger partial charge in [-0.3, -0.25) is 4.79 Å². The lowest BCUT2D eigenvalue weighted by Gasteiger charge is -2.44. The first-order valence-electron chi connectivity index (χ1n) is 31.9. The van der Waals surface area contributed by atoms with Crippen LogP contribution in [0.2, 0.25) is 0 Å². The topological polar surface area (TPSA) is 51.2 Å². The van der Waals surface area contributed by atoms with Crippen LogP contribution in [0.5, 0.6) is 17.2 Å². The number of amides is 1. The molecule has 2 fully saturated rings. The lowest BCUT2D eigenvalue weighted by Crippen LogP contribution is -2.53. The summed E-state index contributed by atoms with van der Waals surface area (Å²) in [5.41, 5.74) is 2.15. The van der Waals surface area contributed by atoms with E-state index in [4.69, 9.17) is 14.2 Å². The first kappa shape index (κ1) is 62.8. The fraction of sp³-hybridized carbons (Fsp3) is 0.806. The van der Waals surface area contributed by atoms with Crippen LogP contribution in [-0.2, 0) is 17.8 Å². The quantitative estimate of drug-likeness (QED) is 0.251. The van der Waals surface area contributed by atoms with E-state index in [2.05, 4.69) is 34.1 Å². The Labute approximate surface area is 452 Å². The molecule has 1 amide bonds. The van der Waals surface area contributed by atoms with Gasteiger partial charge in [0.15, 0.2) is 11.5 Å². The van der Waals surface area contributed by atoms with Crippen LogP contribution in [0.4, 0.5) is 0 Å². The van der Waals surface area contributed by atoms with Gasteiger partial charge in [-0.05, 0) is 87.0 Å². The van der Waals surface area contributed by atoms with Gasteiger partial charge in [-0.1, -0.05) is 269 Å². The summed E-state index contributed by atoms with van der Waals surface area (Å²) in [6, 6.07) is 14.7. The highest BCUT2D eigenvalue weighted by Crippen LogP contribution is 2.39. The third-order valence-electron chi connectivity index (χ3n) is 17.2. The number of hydrogen-bond acceptors (Lipinski definition) is 5. The van der Waals surface area contributed by atoms with Crippen LogP contribution >= 0.6 is 0 Å². The van der Waals surface area contributed by atoms with Crippen molar-refractivity contribution in [3.8, 4) is 17.2 Å². The average molecular weight is 1010 g/mol. The molecule has 73 heavy (non-hydrogen) atoms. The molecule has 0 bridgehead atoms. The Hall–Kier alpha value is -2.73. The molecule has 2 heterocycles. The number of carbonyl (C=O) groups is 1. The Bertz CT molecular complexity index is 1600. The normalized spacial score (nSPS) is 22.6. The second kappa shape index (κ2) is 42.4. The van der Waals surface area contributed by atoms with Crippen LogP contribution in [-0.4, -0.2) is 63.2 Å². The van der Waals surface area contributed by atoms with E-state index in [1.54, 1.807) is 21.3 Å². The smallest absolute Gasteiger partial charge is 0.230 e. The number of rotatable bonds is 9. The Balaban J connectivity index is 1.30. The number of nitrogens with zero attached hydrogens (tertiary/aromatic N) is 2. The lowest BCUT2D eigenvalue weighted by atomic mass is 9.74. The molecule has 1 atom stereocenters.